The van der Waals surface area contributed by atoms with Gasteiger partial charge in [0.25, 0.3) is 0 Å². The zero-order chi connectivity index (χ0) is 13.7. The quantitative estimate of drug-likeness (QED) is 0.840. The smallest absolute Gasteiger partial charge is 0.142 e. The molecule has 0 fully saturated rings. The number of benzene rings is 1. The Balaban J connectivity index is 2.01. The Kier molecular flexibility index (Phi) is 4.54. The van der Waals surface area contributed by atoms with E-state index >= 15 is 0 Å². The topological polar surface area (TPSA) is 55.0 Å². The van der Waals surface area contributed by atoms with E-state index in [2.05, 4.69) is 20.9 Å². The van der Waals surface area contributed by atoms with Gasteiger partial charge in [0.1, 0.15) is 10.8 Å². The summed E-state index contributed by atoms with van der Waals surface area (Å²) in [4.78, 5) is 11.0. The van der Waals surface area contributed by atoms with Gasteiger partial charge in [0, 0.05) is 24.5 Å². The number of hydrogen-bond donors (Lipinski definition) is 1. The van der Waals surface area contributed by atoms with Crippen LogP contribution in [0.4, 0.5) is 0 Å². The Hall–Kier alpha value is -1.85. The first-order valence-electron chi connectivity index (χ1n) is 5.98. The van der Waals surface area contributed by atoms with Crippen molar-refractivity contribution in [1.29, 1.82) is 0 Å². The van der Waals surface area contributed by atoms with Crippen molar-refractivity contribution in [1.82, 2.24) is 14.9 Å². The van der Waals surface area contributed by atoms with Crippen LogP contribution in [-0.2, 0) is 13.1 Å². The average molecular weight is 272 g/mol. The molecule has 5 heteroatoms. The van der Waals surface area contributed by atoms with E-state index in [0.717, 1.165) is 17.9 Å². The van der Waals surface area contributed by atoms with E-state index in [4.69, 9.17) is 18.0 Å². The number of aromatic nitrogens is 2. The molecule has 0 saturated carbocycles. The zero-order valence-electron chi connectivity index (χ0n) is 10.8. The summed E-state index contributed by atoms with van der Waals surface area (Å²) < 4.78 is 0. The van der Waals surface area contributed by atoms with Crippen LogP contribution in [0.15, 0.2) is 42.7 Å². The SMILES string of the molecule is CN(Cc1cccc(C(N)=S)c1)Cc1ncccn1. The predicted octanol–water partition coefficient (Wildman–Crippen LogP) is 1.74. The molecule has 0 saturated heterocycles. The van der Waals surface area contributed by atoms with Gasteiger partial charge in [-0.25, -0.2) is 9.97 Å². The van der Waals surface area contributed by atoms with Crippen LogP contribution in [0.1, 0.15) is 17.0 Å². The average Bonchev–Trinajstić information content (AvgIpc) is 2.40. The van der Waals surface area contributed by atoms with Gasteiger partial charge in [0.05, 0.1) is 6.54 Å². The van der Waals surface area contributed by atoms with Crippen molar-refractivity contribution in [3.05, 3.63) is 59.7 Å². The highest BCUT2D eigenvalue weighted by atomic mass is 32.1. The Morgan fingerprint density at radius 1 is 1.21 bits per heavy atom. The minimum atomic E-state index is 0.427. The van der Waals surface area contributed by atoms with Crippen LogP contribution in [0.25, 0.3) is 0 Å². The van der Waals surface area contributed by atoms with Gasteiger partial charge < -0.3 is 5.73 Å². The lowest BCUT2D eigenvalue weighted by atomic mass is 10.1. The number of rotatable bonds is 5. The summed E-state index contributed by atoms with van der Waals surface area (Å²) in [6, 6.07) is 9.78. The van der Waals surface area contributed by atoms with Gasteiger partial charge >= 0.3 is 0 Å². The number of nitrogens with two attached hydrogens (primary N) is 1. The van der Waals surface area contributed by atoms with Crippen molar-refractivity contribution in [2.75, 3.05) is 7.05 Å². The highest BCUT2D eigenvalue weighted by Gasteiger charge is 2.04. The molecule has 1 aromatic heterocycles. The summed E-state index contributed by atoms with van der Waals surface area (Å²) in [5.74, 6) is 0.815. The Morgan fingerprint density at radius 3 is 2.63 bits per heavy atom. The summed E-state index contributed by atoms with van der Waals surface area (Å²) in [6.07, 6.45) is 3.51. The molecule has 2 aromatic rings. The van der Waals surface area contributed by atoms with Crippen molar-refractivity contribution in [2.45, 2.75) is 13.1 Å². The lowest BCUT2D eigenvalue weighted by Crippen LogP contribution is -2.19. The van der Waals surface area contributed by atoms with Gasteiger partial charge in [-0.1, -0.05) is 30.4 Å². The fraction of sp³-hybridized carbons (Fsp3) is 0.214. The number of nitrogens with zero attached hydrogens (tertiary/aromatic N) is 3. The Labute approximate surface area is 118 Å². The van der Waals surface area contributed by atoms with Crippen LogP contribution in [0.5, 0.6) is 0 Å². The van der Waals surface area contributed by atoms with Crippen LogP contribution >= 0.6 is 12.2 Å². The van der Waals surface area contributed by atoms with Gasteiger partial charge in [0.2, 0.25) is 0 Å². The normalized spacial score (nSPS) is 10.6. The zero-order valence-corrected chi connectivity index (χ0v) is 11.6. The molecular formula is C14H16N4S. The second-order valence-electron chi connectivity index (χ2n) is 4.40. The minimum absolute atomic E-state index is 0.427. The van der Waals surface area contributed by atoms with E-state index in [9.17, 15) is 0 Å². The van der Waals surface area contributed by atoms with Gasteiger partial charge in [0.15, 0.2) is 0 Å². The van der Waals surface area contributed by atoms with Crippen molar-refractivity contribution >= 4 is 17.2 Å². The molecule has 1 heterocycles. The molecule has 2 N–H and O–H groups in total. The first-order chi connectivity index (χ1) is 9.15. The van der Waals surface area contributed by atoms with Crippen LogP contribution in [-0.4, -0.2) is 26.9 Å². The van der Waals surface area contributed by atoms with Crippen LogP contribution in [0.3, 0.4) is 0 Å². The van der Waals surface area contributed by atoms with E-state index < -0.39 is 0 Å². The summed E-state index contributed by atoms with van der Waals surface area (Å²) in [5.41, 5.74) is 7.70. The van der Waals surface area contributed by atoms with Gasteiger partial charge in [-0.2, -0.15) is 0 Å². The molecule has 0 radical (unpaired) electrons. The van der Waals surface area contributed by atoms with Crippen molar-refractivity contribution in [3.63, 3.8) is 0 Å². The first kappa shape index (κ1) is 13.6. The molecule has 0 spiro atoms. The molecule has 0 aliphatic carbocycles. The van der Waals surface area contributed by atoms with Gasteiger partial charge in [-0.05, 0) is 24.7 Å². The molecule has 1 aromatic carbocycles. The standard InChI is InChI=1S/C14H16N4S/c1-18(10-13-16-6-3-7-17-13)9-11-4-2-5-12(8-11)14(15)19/h2-8H,9-10H2,1H3,(H2,15,19). The van der Waals surface area contributed by atoms with Gasteiger partial charge in [-0.3, -0.25) is 4.90 Å². The van der Waals surface area contributed by atoms with Crippen molar-refractivity contribution in [3.8, 4) is 0 Å². The maximum absolute atomic E-state index is 5.63. The van der Waals surface area contributed by atoms with Crippen LogP contribution < -0.4 is 5.73 Å². The van der Waals surface area contributed by atoms with Crippen molar-refractivity contribution in [2.24, 2.45) is 5.73 Å². The summed E-state index contributed by atoms with van der Waals surface area (Å²) >= 11 is 4.98. The van der Waals surface area contributed by atoms with E-state index in [1.807, 2.05) is 31.3 Å². The van der Waals surface area contributed by atoms with Crippen LogP contribution in [0, 0.1) is 0 Å². The van der Waals surface area contributed by atoms with Crippen LogP contribution in [0.2, 0.25) is 0 Å². The van der Waals surface area contributed by atoms with Gasteiger partial charge in [-0.15, -0.1) is 0 Å². The molecule has 98 valence electrons. The second kappa shape index (κ2) is 6.36. The molecule has 4 nitrogen and oxygen atoms in total. The summed E-state index contributed by atoms with van der Waals surface area (Å²) in [5, 5.41) is 0. The molecule has 0 unspecified atom stereocenters. The molecule has 0 amide bonds. The summed E-state index contributed by atoms with van der Waals surface area (Å²) in [7, 11) is 2.03. The van der Waals surface area contributed by atoms with E-state index in [1.165, 1.54) is 5.56 Å². The fourth-order valence-corrected chi connectivity index (χ4v) is 1.97. The third-order valence-corrected chi connectivity index (χ3v) is 2.93. The molecule has 19 heavy (non-hydrogen) atoms. The lowest BCUT2D eigenvalue weighted by molar-refractivity contribution is 0.310. The van der Waals surface area contributed by atoms with E-state index in [0.29, 0.717) is 11.5 Å². The fourth-order valence-electron chi connectivity index (χ4n) is 1.84. The third kappa shape index (κ3) is 4.08. The third-order valence-electron chi connectivity index (χ3n) is 2.69. The molecule has 0 bridgehead atoms. The second-order valence-corrected chi connectivity index (χ2v) is 4.84. The molecular weight excluding hydrogens is 256 g/mol. The number of thiocarbonyl (C=S) groups is 1. The largest absolute Gasteiger partial charge is 0.389 e. The maximum atomic E-state index is 5.63. The number of hydrogen-bond acceptors (Lipinski definition) is 4. The lowest BCUT2D eigenvalue weighted by Gasteiger charge is -2.16. The monoisotopic (exact) mass is 272 g/mol. The Bertz CT molecular complexity index is 556. The van der Waals surface area contributed by atoms with E-state index in [1.54, 1.807) is 12.4 Å². The molecule has 0 atom stereocenters. The van der Waals surface area contributed by atoms with E-state index in [-0.39, 0.29) is 0 Å². The maximum Gasteiger partial charge on any atom is 0.142 e. The highest BCUT2D eigenvalue weighted by molar-refractivity contribution is 7.80. The summed E-state index contributed by atoms with van der Waals surface area (Å²) in [6.45, 7) is 1.51. The molecule has 0 aliphatic rings. The molecule has 0 aliphatic heterocycles. The van der Waals surface area contributed by atoms with Crippen molar-refractivity contribution < 1.29 is 0 Å². The Morgan fingerprint density at radius 2 is 1.95 bits per heavy atom. The first-order valence-corrected chi connectivity index (χ1v) is 6.39. The molecule has 2 rings (SSSR count). The highest BCUT2D eigenvalue weighted by Crippen LogP contribution is 2.09. The minimum Gasteiger partial charge on any atom is -0.389 e. The predicted molar refractivity (Wildman–Crippen MR) is 79.5 cm³/mol.